The quantitative estimate of drug-likeness (QED) is 0.201. The number of anilines is 3. The van der Waals surface area contributed by atoms with Crippen molar-refractivity contribution in [2.75, 3.05) is 36.3 Å². The number of benzene rings is 3. The normalized spacial score (nSPS) is 16.8. The summed E-state index contributed by atoms with van der Waals surface area (Å²) in [5, 5.41) is 6.63. The zero-order valence-corrected chi connectivity index (χ0v) is 34.7. The molecule has 1 aliphatic carbocycles. The van der Waals surface area contributed by atoms with E-state index >= 15 is 0 Å². The third-order valence-corrected chi connectivity index (χ3v) is 11.6. The number of nitrogens with zero attached hydrogens (tertiary/aromatic N) is 3. The lowest BCUT2D eigenvalue weighted by Crippen LogP contribution is -2.44. The van der Waals surface area contributed by atoms with Crippen LogP contribution in [-0.4, -0.2) is 79.5 Å². The van der Waals surface area contributed by atoms with Gasteiger partial charge in [-0.2, -0.15) is 4.90 Å². The van der Waals surface area contributed by atoms with E-state index < -0.39 is 56.3 Å². The fourth-order valence-corrected chi connectivity index (χ4v) is 8.32. The highest BCUT2D eigenvalue weighted by Crippen LogP contribution is 2.37. The summed E-state index contributed by atoms with van der Waals surface area (Å²) < 4.78 is 49.6. The van der Waals surface area contributed by atoms with Crippen LogP contribution in [0.5, 0.6) is 5.75 Å². The number of pyridine rings is 1. The molecule has 58 heavy (non-hydrogen) atoms. The number of methoxy groups -OCH3 is 1. The van der Waals surface area contributed by atoms with Gasteiger partial charge in [-0.1, -0.05) is 6.07 Å². The average Bonchev–Trinajstić information content (AvgIpc) is 3.99. The van der Waals surface area contributed by atoms with Crippen LogP contribution in [0.2, 0.25) is 0 Å². The molecule has 4 amide bonds. The van der Waals surface area contributed by atoms with Crippen molar-refractivity contribution in [2.24, 2.45) is 0 Å². The molecule has 1 unspecified atom stereocenters. The van der Waals surface area contributed by atoms with Gasteiger partial charge >= 0.3 is 12.2 Å². The largest absolute Gasteiger partial charge is 0.496 e. The molecule has 1 saturated carbocycles. The van der Waals surface area contributed by atoms with E-state index in [1.54, 1.807) is 97.1 Å². The minimum Gasteiger partial charge on any atom is -0.496 e. The number of amides is 4. The highest BCUT2D eigenvalue weighted by molar-refractivity contribution is 7.92. The molecule has 4 aromatic rings. The molecule has 1 aromatic heterocycles. The van der Waals surface area contributed by atoms with Gasteiger partial charge in [0, 0.05) is 42.1 Å². The van der Waals surface area contributed by atoms with Crippen molar-refractivity contribution < 1.29 is 46.5 Å². The summed E-state index contributed by atoms with van der Waals surface area (Å²) in [5.41, 5.74) is 0.481. The molecule has 4 bridgehead atoms. The Balaban J connectivity index is 1.41. The number of fused-ring (bicyclic) bond motifs is 5. The second-order valence-corrected chi connectivity index (χ2v) is 18.5. The Morgan fingerprint density at radius 2 is 1.59 bits per heavy atom. The summed E-state index contributed by atoms with van der Waals surface area (Å²) in [6.07, 6.45) is 0.628. The van der Waals surface area contributed by atoms with Gasteiger partial charge < -0.3 is 34.5 Å². The van der Waals surface area contributed by atoms with E-state index in [1.807, 2.05) is 0 Å². The second kappa shape index (κ2) is 16.3. The lowest BCUT2D eigenvalue weighted by molar-refractivity contribution is -0.131. The molecule has 16 heteroatoms. The van der Waals surface area contributed by atoms with Crippen LogP contribution in [0.25, 0.3) is 10.8 Å². The van der Waals surface area contributed by atoms with Gasteiger partial charge in [-0.15, -0.1) is 0 Å². The molecule has 15 nitrogen and oxygen atoms in total. The molecule has 308 valence electrons. The number of rotatable bonds is 6. The zero-order chi connectivity index (χ0) is 42.2. The number of carbonyl (C=O) groups excluding carboxylic acids is 4. The molecule has 1 aliphatic heterocycles. The standard InChI is InChI=1S/C42H49N5O10S/c1-41(2,3)56-39(50)47(40(51)57-42(4,5)6)37-32-14-10-30(20-25(32)17-18-43-37)45-36-26-9-15-33(54-8)28(19-26)23-55-24-35(48)44-29-11-16-34(58(52,53)31-12-13-31)27(21-29)22-46(7)38(36)49/h9-11,14-21,31,36,45H,12-13,22-24H2,1-8H3,(H,44,48). The molecule has 1 fully saturated rings. The van der Waals surface area contributed by atoms with E-state index in [4.69, 9.17) is 18.9 Å². The fourth-order valence-electron chi connectivity index (χ4n) is 6.46. The smallest absolute Gasteiger partial charge is 0.425 e. The number of aromatic nitrogens is 1. The Kier molecular flexibility index (Phi) is 11.7. The van der Waals surface area contributed by atoms with Gasteiger partial charge in [-0.3, -0.25) is 9.59 Å². The topological polar surface area (TPSA) is 183 Å². The fraction of sp³-hybridized carbons (Fsp3) is 0.405. The molecule has 2 aliphatic rings. The van der Waals surface area contributed by atoms with Crippen LogP contribution in [0.1, 0.15) is 77.1 Å². The maximum atomic E-state index is 14.6. The predicted octanol–water partition coefficient (Wildman–Crippen LogP) is 7.14. The van der Waals surface area contributed by atoms with Crippen LogP contribution in [0.15, 0.2) is 71.8 Å². The van der Waals surface area contributed by atoms with Gasteiger partial charge in [0.25, 0.3) is 0 Å². The lowest BCUT2D eigenvalue weighted by atomic mass is 10.0. The maximum absolute atomic E-state index is 14.6. The Hall–Kier alpha value is -5.74. The second-order valence-electron chi connectivity index (χ2n) is 16.3. The number of hydrogen-bond acceptors (Lipinski definition) is 12. The van der Waals surface area contributed by atoms with Crippen molar-refractivity contribution in [3.8, 4) is 5.75 Å². The van der Waals surface area contributed by atoms with E-state index in [0.717, 1.165) is 4.90 Å². The van der Waals surface area contributed by atoms with Crippen LogP contribution in [0.4, 0.5) is 26.8 Å². The van der Waals surface area contributed by atoms with Crippen LogP contribution in [0, 0.1) is 0 Å². The number of imide groups is 1. The van der Waals surface area contributed by atoms with Crippen molar-refractivity contribution in [1.82, 2.24) is 9.88 Å². The first-order valence-corrected chi connectivity index (χ1v) is 20.4. The number of sulfone groups is 1. The third-order valence-electron chi connectivity index (χ3n) is 9.19. The Morgan fingerprint density at radius 1 is 0.897 bits per heavy atom. The SMILES string of the molecule is COc1ccc2cc1COCC(=O)Nc1ccc(S(=O)(=O)C3CC3)c(c1)CN(C)C(=O)C2Nc1ccc2c(N(C(=O)OC(C)(C)C)C(=O)OC(C)(C)C)nccc2c1. The highest BCUT2D eigenvalue weighted by atomic mass is 32.2. The summed E-state index contributed by atoms with van der Waals surface area (Å²) in [6.45, 7) is 9.70. The zero-order valence-electron chi connectivity index (χ0n) is 33.9. The predicted molar refractivity (Wildman–Crippen MR) is 217 cm³/mol. The summed E-state index contributed by atoms with van der Waals surface area (Å²) in [6, 6.07) is 15.6. The monoisotopic (exact) mass is 815 g/mol. The maximum Gasteiger partial charge on any atom is 0.425 e. The lowest BCUT2D eigenvalue weighted by Gasteiger charge is -2.29. The molecule has 3 aromatic carbocycles. The minimum absolute atomic E-state index is 0.00998. The third kappa shape index (κ3) is 9.68. The van der Waals surface area contributed by atoms with Crippen molar-refractivity contribution in [3.05, 3.63) is 83.6 Å². The molecule has 1 atom stereocenters. The first-order chi connectivity index (χ1) is 27.2. The number of likely N-dealkylation sites (N-methyl/N-ethyl adjacent to an activating group) is 1. The number of nitrogens with one attached hydrogen (secondary N) is 2. The molecule has 6 rings (SSSR count). The Labute approximate surface area is 337 Å². The van der Waals surface area contributed by atoms with Crippen LogP contribution in [-0.2, 0) is 46.8 Å². The van der Waals surface area contributed by atoms with E-state index in [1.165, 1.54) is 30.3 Å². The van der Waals surface area contributed by atoms with Crippen LogP contribution >= 0.6 is 0 Å². The van der Waals surface area contributed by atoms with Gasteiger partial charge in [-0.25, -0.2) is 23.0 Å². The van der Waals surface area contributed by atoms with Crippen LogP contribution < -0.4 is 20.3 Å². The van der Waals surface area contributed by atoms with Crippen molar-refractivity contribution >= 4 is 61.8 Å². The van der Waals surface area contributed by atoms with Crippen molar-refractivity contribution in [3.63, 3.8) is 0 Å². The van der Waals surface area contributed by atoms with Crippen molar-refractivity contribution in [1.29, 1.82) is 0 Å². The minimum atomic E-state index is -3.67. The van der Waals surface area contributed by atoms with Gasteiger partial charge in [0.2, 0.25) is 11.8 Å². The van der Waals surface area contributed by atoms with E-state index in [-0.39, 0.29) is 30.5 Å². The summed E-state index contributed by atoms with van der Waals surface area (Å²) in [7, 11) is -0.582. The molecule has 2 heterocycles. The van der Waals surface area contributed by atoms with Gasteiger partial charge in [-0.05, 0) is 125 Å². The summed E-state index contributed by atoms with van der Waals surface area (Å²) in [5.74, 6) is -0.357. The molecule has 0 spiro atoms. The van der Waals surface area contributed by atoms with E-state index in [0.29, 0.717) is 57.4 Å². The Bertz CT molecular complexity index is 2340. The number of ether oxygens (including phenoxy) is 4. The Morgan fingerprint density at radius 3 is 2.22 bits per heavy atom. The van der Waals surface area contributed by atoms with E-state index in [9.17, 15) is 27.6 Å². The average molecular weight is 816 g/mol. The number of hydrogen-bond donors (Lipinski definition) is 2. The van der Waals surface area contributed by atoms with Gasteiger partial charge in [0.1, 0.15) is 29.6 Å². The molecular weight excluding hydrogens is 767 g/mol. The van der Waals surface area contributed by atoms with Crippen LogP contribution in [0.3, 0.4) is 0 Å². The highest BCUT2D eigenvalue weighted by Gasteiger charge is 2.39. The molecule has 0 saturated heterocycles. The first kappa shape index (κ1) is 41.9. The first-order valence-electron chi connectivity index (χ1n) is 18.8. The molecule has 2 N–H and O–H groups in total. The summed E-state index contributed by atoms with van der Waals surface area (Å²) >= 11 is 0. The van der Waals surface area contributed by atoms with Crippen molar-refractivity contribution in [2.45, 2.75) is 94.9 Å². The molecular formula is C42H49N5O10S. The van der Waals surface area contributed by atoms with E-state index in [2.05, 4.69) is 15.6 Å². The van der Waals surface area contributed by atoms with Gasteiger partial charge in [0.15, 0.2) is 15.7 Å². The van der Waals surface area contributed by atoms with Gasteiger partial charge in [0.05, 0.1) is 23.9 Å². The summed E-state index contributed by atoms with van der Waals surface area (Å²) in [4.78, 5) is 61.2. The molecule has 0 radical (unpaired) electrons. The number of carbonyl (C=O) groups is 4.